The molecule has 0 radical (unpaired) electrons. The molecular weight excluding hydrogens is 423 g/mol. The molecule has 0 aliphatic carbocycles. The Kier molecular flexibility index (Phi) is 9.92. The summed E-state index contributed by atoms with van der Waals surface area (Å²) in [6.07, 6.45) is 6.22. The summed E-state index contributed by atoms with van der Waals surface area (Å²) in [5.41, 5.74) is 0. The van der Waals surface area contributed by atoms with E-state index in [1.165, 1.54) is 0 Å². The van der Waals surface area contributed by atoms with Crippen molar-refractivity contribution in [2.24, 2.45) is 4.99 Å². The third kappa shape index (κ3) is 6.48. The summed E-state index contributed by atoms with van der Waals surface area (Å²) in [4.78, 5) is 9.22. The van der Waals surface area contributed by atoms with Crippen LogP contribution in [0.2, 0.25) is 0 Å². The largest absolute Gasteiger partial charge is 0.357 e. The fraction of sp³-hybridized carbons (Fsp3) is 0.800. The Morgan fingerprint density at radius 2 is 2.26 bits per heavy atom. The van der Waals surface area contributed by atoms with Gasteiger partial charge in [-0.3, -0.25) is 4.99 Å². The van der Waals surface area contributed by atoms with Crippen LogP contribution in [-0.2, 0) is 19.4 Å². The van der Waals surface area contributed by atoms with Crippen LogP contribution in [0.5, 0.6) is 0 Å². The monoisotopic (exact) mass is 452 g/mol. The van der Waals surface area contributed by atoms with E-state index in [4.69, 9.17) is 0 Å². The van der Waals surface area contributed by atoms with Crippen molar-refractivity contribution in [3.05, 3.63) is 11.6 Å². The highest BCUT2D eigenvalue weighted by atomic mass is 127. The molecule has 6 nitrogen and oxygen atoms in total. The molecule has 1 atom stereocenters. The first-order valence-electron chi connectivity index (χ1n) is 8.23. The molecule has 23 heavy (non-hydrogen) atoms. The molecule has 1 aliphatic rings. The van der Waals surface area contributed by atoms with Gasteiger partial charge in [-0.15, -0.1) is 24.0 Å². The molecule has 8 heteroatoms. The van der Waals surface area contributed by atoms with Gasteiger partial charge in [0.15, 0.2) is 11.8 Å². The van der Waals surface area contributed by atoms with E-state index in [1.54, 1.807) is 0 Å². The molecule has 2 N–H and O–H groups in total. The number of nitrogens with one attached hydrogen (secondary N) is 2. The van der Waals surface area contributed by atoms with Crippen LogP contribution in [0.1, 0.15) is 38.3 Å². The highest BCUT2D eigenvalue weighted by Crippen LogP contribution is 2.13. The van der Waals surface area contributed by atoms with Gasteiger partial charge in [0.2, 0.25) is 0 Å². The maximum absolute atomic E-state index is 4.66. The van der Waals surface area contributed by atoms with Crippen molar-refractivity contribution in [1.82, 2.24) is 25.4 Å². The number of aliphatic imine (C=N–C) groups is 1. The van der Waals surface area contributed by atoms with Gasteiger partial charge in [0.25, 0.3) is 0 Å². The lowest BCUT2D eigenvalue weighted by Crippen LogP contribution is -2.47. The van der Waals surface area contributed by atoms with Crippen molar-refractivity contribution >= 4 is 41.7 Å². The molecule has 0 saturated heterocycles. The molecule has 0 spiro atoms. The Balaban J connectivity index is 0.00000264. The second-order valence-electron chi connectivity index (χ2n) is 5.47. The number of fused-ring (bicyclic) bond motifs is 1. The van der Waals surface area contributed by atoms with Gasteiger partial charge >= 0.3 is 0 Å². The van der Waals surface area contributed by atoms with E-state index in [0.717, 1.165) is 68.7 Å². The number of hydrogen-bond donors (Lipinski definition) is 2. The van der Waals surface area contributed by atoms with Gasteiger partial charge < -0.3 is 10.6 Å². The highest BCUT2D eigenvalue weighted by molar-refractivity contribution is 14.0. The molecule has 0 aromatic carbocycles. The molecule has 2 rings (SSSR count). The summed E-state index contributed by atoms with van der Waals surface area (Å²) in [5, 5.41) is 11.4. The summed E-state index contributed by atoms with van der Waals surface area (Å²) in [5.74, 6) is 4.16. The second-order valence-corrected chi connectivity index (χ2v) is 6.45. The lowest BCUT2D eigenvalue weighted by Gasteiger charge is -2.25. The van der Waals surface area contributed by atoms with E-state index >= 15 is 0 Å². The minimum Gasteiger partial charge on any atom is -0.357 e. The summed E-state index contributed by atoms with van der Waals surface area (Å²) in [6, 6.07) is 0.372. The van der Waals surface area contributed by atoms with Crippen LogP contribution < -0.4 is 10.6 Å². The molecule has 1 aromatic heterocycles. The van der Waals surface area contributed by atoms with Crippen LogP contribution in [0.4, 0.5) is 0 Å². The third-order valence-corrected chi connectivity index (χ3v) is 4.38. The fourth-order valence-electron chi connectivity index (χ4n) is 2.54. The highest BCUT2D eigenvalue weighted by Gasteiger charge is 2.21. The van der Waals surface area contributed by atoms with Crippen LogP contribution >= 0.6 is 35.7 Å². The molecule has 1 aliphatic heterocycles. The molecule has 132 valence electrons. The van der Waals surface area contributed by atoms with Gasteiger partial charge in [-0.05, 0) is 31.8 Å². The molecule has 0 amide bonds. The molecular formula is C15H29IN6S. The summed E-state index contributed by atoms with van der Waals surface area (Å²) >= 11 is 1.87. The first-order valence-corrected chi connectivity index (χ1v) is 9.62. The standard InChI is InChI=1S/C15H28N6S.HI/c1-4-13-19-14-8-7-12(11-21(14)20-13)18-15(16-5-2)17-9-6-10-22-3;/h12H,4-11H2,1-3H3,(H2,16,17,18);1H. The van der Waals surface area contributed by atoms with Gasteiger partial charge in [0.05, 0.1) is 6.54 Å². The van der Waals surface area contributed by atoms with Crippen molar-refractivity contribution in [2.45, 2.75) is 52.1 Å². The topological polar surface area (TPSA) is 67.1 Å². The van der Waals surface area contributed by atoms with Gasteiger partial charge in [-0.1, -0.05) is 6.92 Å². The lowest BCUT2D eigenvalue weighted by atomic mass is 10.1. The Bertz CT molecular complexity index is 490. The van der Waals surface area contributed by atoms with E-state index in [9.17, 15) is 0 Å². The molecule has 1 aromatic rings. The quantitative estimate of drug-likeness (QED) is 0.287. The minimum absolute atomic E-state index is 0. The Morgan fingerprint density at radius 1 is 1.43 bits per heavy atom. The fourth-order valence-corrected chi connectivity index (χ4v) is 2.96. The normalized spacial score (nSPS) is 17.3. The van der Waals surface area contributed by atoms with Crippen LogP contribution in [0, 0.1) is 0 Å². The van der Waals surface area contributed by atoms with E-state index < -0.39 is 0 Å². The minimum atomic E-state index is 0. The second kappa shape index (κ2) is 11.1. The summed E-state index contributed by atoms with van der Waals surface area (Å²) in [6.45, 7) is 6.83. The molecule has 0 bridgehead atoms. The maximum atomic E-state index is 4.66. The Morgan fingerprint density at radius 3 is 2.96 bits per heavy atom. The number of nitrogens with zero attached hydrogens (tertiary/aromatic N) is 4. The van der Waals surface area contributed by atoms with Gasteiger partial charge in [-0.2, -0.15) is 16.9 Å². The number of rotatable bonds is 7. The van der Waals surface area contributed by atoms with Crippen molar-refractivity contribution in [2.75, 3.05) is 25.1 Å². The van der Waals surface area contributed by atoms with Crippen molar-refractivity contribution in [3.8, 4) is 0 Å². The predicted molar refractivity (Wildman–Crippen MR) is 109 cm³/mol. The first kappa shape index (κ1) is 20.5. The SMILES string of the molecule is CCNC(=NCCCSC)NC1CCc2nc(CC)nn2C1.I. The lowest BCUT2D eigenvalue weighted by molar-refractivity contribution is 0.392. The zero-order chi connectivity index (χ0) is 15.8. The van der Waals surface area contributed by atoms with Gasteiger partial charge in [0.1, 0.15) is 5.82 Å². The van der Waals surface area contributed by atoms with Gasteiger partial charge in [0, 0.05) is 32.0 Å². The summed E-state index contributed by atoms with van der Waals surface area (Å²) < 4.78 is 2.05. The van der Waals surface area contributed by atoms with Crippen LogP contribution in [0.3, 0.4) is 0 Å². The molecule has 2 heterocycles. The van der Waals surface area contributed by atoms with Crippen LogP contribution in [0.25, 0.3) is 0 Å². The zero-order valence-corrected chi connectivity index (χ0v) is 17.5. The molecule has 1 unspecified atom stereocenters. The van der Waals surface area contributed by atoms with Crippen molar-refractivity contribution in [1.29, 1.82) is 0 Å². The van der Waals surface area contributed by atoms with E-state index in [0.29, 0.717) is 6.04 Å². The van der Waals surface area contributed by atoms with Crippen LogP contribution in [0.15, 0.2) is 4.99 Å². The maximum Gasteiger partial charge on any atom is 0.191 e. The van der Waals surface area contributed by atoms with Crippen molar-refractivity contribution in [3.63, 3.8) is 0 Å². The van der Waals surface area contributed by atoms with Gasteiger partial charge in [-0.25, -0.2) is 9.67 Å². The Labute approximate surface area is 160 Å². The van der Waals surface area contributed by atoms with E-state index in [-0.39, 0.29) is 24.0 Å². The average molecular weight is 452 g/mol. The number of guanidine groups is 1. The number of aryl methyl sites for hydroxylation is 2. The van der Waals surface area contributed by atoms with Crippen molar-refractivity contribution < 1.29 is 0 Å². The number of aromatic nitrogens is 3. The number of thioether (sulfide) groups is 1. The third-order valence-electron chi connectivity index (χ3n) is 3.68. The average Bonchev–Trinajstić information content (AvgIpc) is 2.94. The number of halogens is 1. The van der Waals surface area contributed by atoms with Crippen LogP contribution in [-0.4, -0.2) is 51.9 Å². The molecule has 0 fully saturated rings. The number of hydrogen-bond acceptors (Lipinski definition) is 4. The van der Waals surface area contributed by atoms with E-state index in [1.807, 2.05) is 11.8 Å². The Hall–Kier alpha value is -0.510. The predicted octanol–water partition coefficient (Wildman–Crippen LogP) is 2.08. The molecule has 0 saturated carbocycles. The zero-order valence-electron chi connectivity index (χ0n) is 14.3. The smallest absolute Gasteiger partial charge is 0.191 e. The first-order chi connectivity index (χ1) is 10.8. The summed E-state index contributed by atoms with van der Waals surface area (Å²) in [7, 11) is 0. The van der Waals surface area contributed by atoms with E-state index in [2.05, 4.69) is 50.5 Å².